The standard InChI is InChI=1S/C15H23NO3/c1-18-12-7-11(8-13(9-12)19-2)14(16)15(17)10-5-3-4-6-10/h7-10,14-15,17H,3-6,16H2,1-2H3/t14-,15+/m1/s1. The molecular weight excluding hydrogens is 242 g/mol. The number of hydrogen-bond acceptors (Lipinski definition) is 4. The summed E-state index contributed by atoms with van der Waals surface area (Å²) in [7, 11) is 3.22. The topological polar surface area (TPSA) is 64.7 Å². The highest BCUT2D eigenvalue weighted by Gasteiger charge is 2.29. The van der Waals surface area contributed by atoms with Crippen LogP contribution < -0.4 is 15.2 Å². The third-order valence-corrected chi connectivity index (χ3v) is 4.01. The van der Waals surface area contributed by atoms with Crippen molar-refractivity contribution in [2.45, 2.75) is 37.8 Å². The zero-order valence-corrected chi connectivity index (χ0v) is 11.6. The van der Waals surface area contributed by atoms with Gasteiger partial charge in [-0.2, -0.15) is 0 Å². The fraction of sp³-hybridized carbons (Fsp3) is 0.600. The van der Waals surface area contributed by atoms with Crippen LogP contribution in [0.25, 0.3) is 0 Å². The first-order chi connectivity index (χ1) is 9.15. The molecule has 2 atom stereocenters. The van der Waals surface area contributed by atoms with Gasteiger partial charge in [0.05, 0.1) is 26.4 Å². The summed E-state index contributed by atoms with van der Waals surface area (Å²) in [5, 5.41) is 10.4. The minimum atomic E-state index is -0.501. The van der Waals surface area contributed by atoms with Crippen molar-refractivity contribution in [2.75, 3.05) is 14.2 Å². The molecule has 0 bridgehead atoms. The maximum absolute atomic E-state index is 10.4. The van der Waals surface area contributed by atoms with E-state index < -0.39 is 12.1 Å². The van der Waals surface area contributed by atoms with Crippen molar-refractivity contribution in [2.24, 2.45) is 11.7 Å². The summed E-state index contributed by atoms with van der Waals surface area (Å²) in [6.07, 6.45) is 4.01. The Morgan fingerprint density at radius 2 is 1.63 bits per heavy atom. The van der Waals surface area contributed by atoms with Crippen molar-refractivity contribution in [1.82, 2.24) is 0 Å². The van der Waals surface area contributed by atoms with Gasteiger partial charge in [-0.15, -0.1) is 0 Å². The minimum absolute atomic E-state index is 0.312. The van der Waals surface area contributed by atoms with E-state index in [-0.39, 0.29) is 0 Å². The third-order valence-electron chi connectivity index (χ3n) is 4.01. The van der Waals surface area contributed by atoms with E-state index >= 15 is 0 Å². The molecular formula is C15H23NO3. The molecule has 0 saturated heterocycles. The van der Waals surface area contributed by atoms with Crippen LogP contribution in [0.3, 0.4) is 0 Å². The molecule has 0 aromatic heterocycles. The summed E-state index contributed by atoms with van der Waals surface area (Å²) in [5.41, 5.74) is 7.06. The Morgan fingerprint density at radius 1 is 1.11 bits per heavy atom. The van der Waals surface area contributed by atoms with E-state index in [0.717, 1.165) is 18.4 Å². The Hall–Kier alpha value is -1.26. The number of benzene rings is 1. The number of aliphatic hydroxyl groups excluding tert-OH is 1. The first kappa shape index (κ1) is 14.2. The first-order valence-corrected chi connectivity index (χ1v) is 6.82. The predicted molar refractivity (Wildman–Crippen MR) is 74.4 cm³/mol. The SMILES string of the molecule is COc1cc(OC)cc([C@@H](N)[C@@H](O)C2CCCC2)c1. The summed E-state index contributed by atoms with van der Waals surface area (Å²) in [6, 6.07) is 5.14. The Bertz CT molecular complexity index is 394. The van der Waals surface area contributed by atoms with E-state index in [4.69, 9.17) is 15.2 Å². The molecule has 1 aliphatic rings. The molecule has 2 rings (SSSR count). The molecule has 1 saturated carbocycles. The number of ether oxygens (including phenoxy) is 2. The molecule has 0 spiro atoms. The van der Waals surface area contributed by atoms with Gasteiger partial charge in [-0.25, -0.2) is 0 Å². The maximum Gasteiger partial charge on any atom is 0.122 e. The fourth-order valence-electron chi connectivity index (χ4n) is 2.81. The maximum atomic E-state index is 10.4. The van der Waals surface area contributed by atoms with Crippen molar-refractivity contribution in [3.63, 3.8) is 0 Å². The quantitative estimate of drug-likeness (QED) is 0.857. The molecule has 0 amide bonds. The van der Waals surface area contributed by atoms with Crippen LogP contribution in [0.1, 0.15) is 37.3 Å². The van der Waals surface area contributed by atoms with Crippen molar-refractivity contribution >= 4 is 0 Å². The van der Waals surface area contributed by atoms with E-state index in [2.05, 4.69) is 0 Å². The van der Waals surface area contributed by atoms with Crippen LogP contribution in [0.2, 0.25) is 0 Å². The summed E-state index contributed by atoms with van der Waals surface area (Å²) in [6.45, 7) is 0. The van der Waals surface area contributed by atoms with Gasteiger partial charge in [-0.3, -0.25) is 0 Å². The summed E-state index contributed by atoms with van der Waals surface area (Å²) < 4.78 is 10.5. The van der Waals surface area contributed by atoms with E-state index in [1.54, 1.807) is 20.3 Å². The Balaban J connectivity index is 2.19. The zero-order valence-electron chi connectivity index (χ0n) is 11.6. The predicted octanol–water partition coefficient (Wildman–Crippen LogP) is 2.25. The van der Waals surface area contributed by atoms with Gasteiger partial charge in [0.25, 0.3) is 0 Å². The second-order valence-corrected chi connectivity index (χ2v) is 5.21. The smallest absolute Gasteiger partial charge is 0.122 e. The molecule has 1 aromatic rings. The van der Waals surface area contributed by atoms with Crippen LogP contribution in [-0.2, 0) is 0 Å². The lowest BCUT2D eigenvalue weighted by Crippen LogP contribution is -2.31. The number of hydrogen-bond donors (Lipinski definition) is 2. The number of aliphatic hydroxyl groups is 1. The normalized spacial score (nSPS) is 19.2. The van der Waals surface area contributed by atoms with E-state index in [1.165, 1.54) is 12.8 Å². The van der Waals surface area contributed by atoms with Gasteiger partial charge in [0.1, 0.15) is 11.5 Å². The molecule has 0 unspecified atom stereocenters. The Morgan fingerprint density at radius 3 is 2.11 bits per heavy atom. The van der Waals surface area contributed by atoms with E-state index in [0.29, 0.717) is 17.4 Å². The molecule has 0 radical (unpaired) electrons. The lowest BCUT2D eigenvalue weighted by molar-refractivity contribution is 0.0843. The lowest BCUT2D eigenvalue weighted by atomic mass is 9.91. The van der Waals surface area contributed by atoms with Crippen molar-refractivity contribution in [3.05, 3.63) is 23.8 Å². The molecule has 1 aliphatic carbocycles. The largest absolute Gasteiger partial charge is 0.497 e. The third kappa shape index (κ3) is 3.19. The zero-order chi connectivity index (χ0) is 13.8. The molecule has 1 fully saturated rings. The lowest BCUT2D eigenvalue weighted by Gasteiger charge is -2.25. The molecule has 4 nitrogen and oxygen atoms in total. The van der Waals surface area contributed by atoms with Crippen LogP contribution in [0, 0.1) is 5.92 Å². The fourth-order valence-corrected chi connectivity index (χ4v) is 2.81. The van der Waals surface area contributed by atoms with E-state index in [9.17, 15) is 5.11 Å². The van der Waals surface area contributed by atoms with Gasteiger partial charge in [-0.05, 0) is 36.5 Å². The summed E-state index contributed by atoms with van der Waals surface area (Å²) in [5.74, 6) is 1.71. The van der Waals surface area contributed by atoms with Crippen molar-refractivity contribution in [3.8, 4) is 11.5 Å². The van der Waals surface area contributed by atoms with Gasteiger partial charge < -0.3 is 20.3 Å². The van der Waals surface area contributed by atoms with Gasteiger partial charge >= 0.3 is 0 Å². The van der Waals surface area contributed by atoms with Crippen LogP contribution in [0.5, 0.6) is 11.5 Å². The number of nitrogens with two attached hydrogens (primary N) is 1. The van der Waals surface area contributed by atoms with E-state index in [1.807, 2.05) is 12.1 Å². The van der Waals surface area contributed by atoms with Gasteiger partial charge in [0, 0.05) is 6.07 Å². The van der Waals surface area contributed by atoms with Gasteiger partial charge in [0.2, 0.25) is 0 Å². The second kappa shape index (κ2) is 6.26. The molecule has 4 heteroatoms. The average molecular weight is 265 g/mol. The van der Waals surface area contributed by atoms with Crippen LogP contribution in [-0.4, -0.2) is 25.4 Å². The molecule has 0 aliphatic heterocycles. The summed E-state index contributed by atoms with van der Waals surface area (Å²) in [4.78, 5) is 0. The highest BCUT2D eigenvalue weighted by molar-refractivity contribution is 5.40. The van der Waals surface area contributed by atoms with Crippen LogP contribution in [0.4, 0.5) is 0 Å². The van der Waals surface area contributed by atoms with Crippen molar-refractivity contribution in [1.29, 1.82) is 0 Å². The number of rotatable bonds is 5. The average Bonchev–Trinajstić information content (AvgIpc) is 2.99. The minimum Gasteiger partial charge on any atom is -0.497 e. The summed E-state index contributed by atoms with van der Waals surface area (Å²) >= 11 is 0. The highest BCUT2D eigenvalue weighted by atomic mass is 16.5. The molecule has 1 aromatic carbocycles. The monoisotopic (exact) mass is 265 g/mol. The van der Waals surface area contributed by atoms with Crippen LogP contribution in [0.15, 0.2) is 18.2 Å². The van der Waals surface area contributed by atoms with Gasteiger partial charge in [0.15, 0.2) is 0 Å². The first-order valence-electron chi connectivity index (χ1n) is 6.82. The van der Waals surface area contributed by atoms with Gasteiger partial charge in [-0.1, -0.05) is 12.8 Å². The number of methoxy groups -OCH3 is 2. The Labute approximate surface area is 114 Å². The highest BCUT2D eigenvalue weighted by Crippen LogP contribution is 2.34. The molecule has 3 N–H and O–H groups in total. The molecule has 106 valence electrons. The van der Waals surface area contributed by atoms with Crippen LogP contribution >= 0.6 is 0 Å². The Kier molecular flexibility index (Phi) is 4.66. The molecule has 19 heavy (non-hydrogen) atoms. The van der Waals surface area contributed by atoms with Crippen molar-refractivity contribution < 1.29 is 14.6 Å². The molecule has 0 heterocycles. The second-order valence-electron chi connectivity index (χ2n) is 5.21.